The smallest absolute Gasteiger partial charge is 0.183 e. The van der Waals surface area contributed by atoms with E-state index in [4.69, 9.17) is 0 Å². The van der Waals surface area contributed by atoms with Crippen LogP contribution in [-0.2, 0) is 14.1 Å². The van der Waals surface area contributed by atoms with E-state index in [-0.39, 0.29) is 0 Å². The van der Waals surface area contributed by atoms with Crippen molar-refractivity contribution in [3.63, 3.8) is 0 Å². The Kier molecular flexibility index (Phi) is 2.70. The summed E-state index contributed by atoms with van der Waals surface area (Å²) in [6, 6.07) is 1.91. The first-order valence-corrected chi connectivity index (χ1v) is 6.41. The monoisotopic (exact) mass is 271 g/mol. The molecule has 3 aromatic heterocycles. The number of nitrogens with zero attached hydrogens (tertiary/aromatic N) is 7. The highest BCUT2D eigenvalue weighted by molar-refractivity contribution is 5.58. The maximum absolute atomic E-state index is 4.56. The topological polar surface area (TPSA) is 66.3 Å². The zero-order valence-corrected chi connectivity index (χ0v) is 12.3. The molecule has 3 aromatic rings. The van der Waals surface area contributed by atoms with Crippen LogP contribution in [0.5, 0.6) is 0 Å². The van der Waals surface area contributed by atoms with Gasteiger partial charge in [0.1, 0.15) is 11.5 Å². The van der Waals surface area contributed by atoms with Gasteiger partial charge in [-0.1, -0.05) is 0 Å². The summed E-state index contributed by atoms with van der Waals surface area (Å²) in [7, 11) is 3.81. The first-order valence-electron chi connectivity index (χ1n) is 6.41. The lowest BCUT2D eigenvalue weighted by molar-refractivity contribution is 0.692. The predicted octanol–water partition coefficient (Wildman–Crippen LogP) is 1.33. The molecule has 104 valence electrons. The second-order valence-electron chi connectivity index (χ2n) is 4.89. The van der Waals surface area contributed by atoms with Crippen molar-refractivity contribution in [2.45, 2.75) is 20.8 Å². The molecule has 0 spiro atoms. The average molecular weight is 271 g/mol. The Hall–Kier alpha value is -2.44. The fourth-order valence-electron chi connectivity index (χ4n) is 2.38. The average Bonchev–Trinajstić information content (AvgIpc) is 3.01. The molecule has 0 aliphatic rings. The summed E-state index contributed by atoms with van der Waals surface area (Å²) < 4.78 is 5.43. The molecule has 0 radical (unpaired) electrons. The molecule has 0 aromatic carbocycles. The largest absolute Gasteiger partial charge is 0.264 e. The van der Waals surface area contributed by atoms with Gasteiger partial charge in [0.05, 0.1) is 11.9 Å². The number of rotatable bonds is 2. The van der Waals surface area contributed by atoms with Gasteiger partial charge in [0, 0.05) is 25.7 Å². The van der Waals surface area contributed by atoms with E-state index < -0.39 is 0 Å². The fourth-order valence-corrected chi connectivity index (χ4v) is 2.38. The van der Waals surface area contributed by atoms with Crippen molar-refractivity contribution >= 4 is 0 Å². The van der Waals surface area contributed by atoms with Crippen molar-refractivity contribution in [2.75, 3.05) is 0 Å². The van der Waals surface area contributed by atoms with Gasteiger partial charge in [-0.25, -0.2) is 4.98 Å². The second-order valence-corrected chi connectivity index (χ2v) is 4.89. The van der Waals surface area contributed by atoms with E-state index in [2.05, 4.69) is 27.2 Å². The lowest BCUT2D eigenvalue weighted by Gasteiger charge is -2.07. The van der Waals surface area contributed by atoms with Gasteiger partial charge in [-0.3, -0.25) is 9.36 Å². The molecule has 0 saturated carbocycles. The first-order chi connectivity index (χ1) is 9.49. The zero-order valence-electron chi connectivity index (χ0n) is 12.3. The van der Waals surface area contributed by atoms with Crippen LogP contribution < -0.4 is 0 Å². The minimum absolute atomic E-state index is 0.722. The van der Waals surface area contributed by atoms with Gasteiger partial charge in [-0.15, -0.1) is 5.10 Å². The number of aryl methyl sites for hydroxylation is 4. The van der Waals surface area contributed by atoms with Gasteiger partial charge in [0.25, 0.3) is 0 Å². The third-order valence-electron chi connectivity index (χ3n) is 3.46. The van der Waals surface area contributed by atoms with Crippen molar-refractivity contribution in [1.82, 2.24) is 34.3 Å². The molecule has 0 aliphatic heterocycles. The van der Waals surface area contributed by atoms with Crippen LogP contribution in [0.3, 0.4) is 0 Å². The van der Waals surface area contributed by atoms with Gasteiger partial charge in [0.15, 0.2) is 11.6 Å². The lowest BCUT2D eigenvalue weighted by Crippen LogP contribution is -2.08. The minimum Gasteiger partial charge on any atom is -0.264 e. The van der Waals surface area contributed by atoms with Gasteiger partial charge >= 0.3 is 0 Å². The molecule has 0 atom stereocenters. The molecule has 0 unspecified atom stereocenters. The normalized spacial score (nSPS) is 11.2. The fraction of sp³-hybridized carbons (Fsp3) is 0.385. The van der Waals surface area contributed by atoms with Crippen LogP contribution >= 0.6 is 0 Å². The third-order valence-corrected chi connectivity index (χ3v) is 3.46. The van der Waals surface area contributed by atoms with Gasteiger partial charge in [-0.05, 0) is 20.8 Å². The highest BCUT2D eigenvalue weighted by atomic mass is 15.4. The third kappa shape index (κ3) is 1.74. The molecule has 7 nitrogen and oxygen atoms in total. The van der Waals surface area contributed by atoms with E-state index in [0.29, 0.717) is 0 Å². The molecule has 3 heterocycles. The first kappa shape index (κ1) is 12.6. The standard InChI is InChI=1S/C13H17N7/c1-8-9(2)16-19(5)12(8)13-15-10(3)17-20(13)11-6-7-14-18(11)4/h6-7H,1-5H3. The van der Waals surface area contributed by atoms with Crippen LogP contribution in [0.25, 0.3) is 17.3 Å². The Morgan fingerprint density at radius 1 is 1.00 bits per heavy atom. The Balaban J connectivity index is 2.28. The summed E-state index contributed by atoms with van der Waals surface area (Å²) in [5.74, 6) is 2.38. The molecule has 0 saturated heterocycles. The van der Waals surface area contributed by atoms with Gasteiger partial charge in [-0.2, -0.15) is 14.9 Å². The number of hydrogen-bond acceptors (Lipinski definition) is 4. The molecule has 3 rings (SSSR count). The van der Waals surface area contributed by atoms with Crippen molar-refractivity contribution in [2.24, 2.45) is 14.1 Å². The SMILES string of the molecule is Cc1nc(-c2c(C)c(C)nn2C)n(-c2ccnn2C)n1. The maximum Gasteiger partial charge on any atom is 0.183 e. The van der Waals surface area contributed by atoms with Crippen molar-refractivity contribution in [3.8, 4) is 17.3 Å². The van der Waals surface area contributed by atoms with Crippen molar-refractivity contribution in [1.29, 1.82) is 0 Å². The summed E-state index contributed by atoms with van der Waals surface area (Å²) in [6.07, 6.45) is 1.75. The molecular weight excluding hydrogens is 254 g/mol. The number of hydrogen-bond donors (Lipinski definition) is 0. The maximum atomic E-state index is 4.56. The highest BCUT2D eigenvalue weighted by Crippen LogP contribution is 2.25. The summed E-state index contributed by atoms with van der Waals surface area (Å²) in [6.45, 7) is 5.93. The van der Waals surface area contributed by atoms with E-state index in [1.54, 1.807) is 10.9 Å². The quantitative estimate of drug-likeness (QED) is 0.705. The molecule has 0 amide bonds. The van der Waals surface area contributed by atoms with Crippen LogP contribution in [-0.4, -0.2) is 34.3 Å². The summed E-state index contributed by atoms with van der Waals surface area (Å²) >= 11 is 0. The van der Waals surface area contributed by atoms with E-state index in [1.165, 1.54) is 0 Å². The summed E-state index contributed by atoms with van der Waals surface area (Å²) in [4.78, 5) is 4.56. The van der Waals surface area contributed by atoms with E-state index in [1.807, 2.05) is 43.4 Å². The minimum atomic E-state index is 0.722. The van der Waals surface area contributed by atoms with Crippen LogP contribution in [0.1, 0.15) is 17.1 Å². The Morgan fingerprint density at radius 2 is 1.75 bits per heavy atom. The molecule has 0 aliphatic carbocycles. The Labute approximate surface area is 116 Å². The number of aromatic nitrogens is 7. The zero-order chi connectivity index (χ0) is 14.4. The van der Waals surface area contributed by atoms with Gasteiger partial charge in [0.2, 0.25) is 0 Å². The molecule has 0 N–H and O–H groups in total. The predicted molar refractivity (Wildman–Crippen MR) is 74.5 cm³/mol. The van der Waals surface area contributed by atoms with E-state index in [0.717, 1.165) is 34.4 Å². The van der Waals surface area contributed by atoms with Crippen molar-refractivity contribution < 1.29 is 0 Å². The van der Waals surface area contributed by atoms with Gasteiger partial charge < -0.3 is 0 Å². The summed E-state index contributed by atoms with van der Waals surface area (Å²) in [5.41, 5.74) is 3.09. The van der Waals surface area contributed by atoms with Crippen LogP contribution in [0.4, 0.5) is 0 Å². The molecular formula is C13H17N7. The highest BCUT2D eigenvalue weighted by Gasteiger charge is 2.20. The molecule has 0 bridgehead atoms. The molecule has 7 heteroatoms. The Bertz CT molecular complexity index is 775. The molecule has 20 heavy (non-hydrogen) atoms. The lowest BCUT2D eigenvalue weighted by atomic mass is 10.2. The van der Waals surface area contributed by atoms with Crippen LogP contribution in [0.2, 0.25) is 0 Å². The Morgan fingerprint density at radius 3 is 2.30 bits per heavy atom. The second kappa shape index (κ2) is 4.29. The van der Waals surface area contributed by atoms with Crippen LogP contribution in [0.15, 0.2) is 12.3 Å². The van der Waals surface area contributed by atoms with E-state index >= 15 is 0 Å². The van der Waals surface area contributed by atoms with E-state index in [9.17, 15) is 0 Å². The van der Waals surface area contributed by atoms with Crippen molar-refractivity contribution in [3.05, 3.63) is 29.3 Å². The summed E-state index contributed by atoms with van der Waals surface area (Å²) in [5, 5.41) is 13.1. The van der Waals surface area contributed by atoms with Crippen LogP contribution in [0, 0.1) is 20.8 Å². The molecule has 0 fully saturated rings.